The summed E-state index contributed by atoms with van der Waals surface area (Å²) in [6.07, 6.45) is 3.54. The number of likely N-dealkylation sites (N-methyl/N-ethyl adjacent to an activating group) is 1. The number of ether oxygens (including phenoxy) is 2. The minimum atomic E-state index is -0.381. The van der Waals surface area contributed by atoms with E-state index in [4.69, 9.17) is 4.74 Å². The molecule has 0 spiro atoms. The summed E-state index contributed by atoms with van der Waals surface area (Å²) in [5.41, 5.74) is 2.56. The van der Waals surface area contributed by atoms with Crippen molar-refractivity contribution < 1.29 is 14.3 Å². The highest BCUT2D eigenvalue weighted by molar-refractivity contribution is 5.66. The highest BCUT2D eigenvalue weighted by atomic mass is 16.5. The smallest absolute Gasteiger partial charge is 0.406 e. The van der Waals surface area contributed by atoms with Crippen molar-refractivity contribution in [1.82, 2.24) is 15.1 Å². The molecule has 0 radical (unpaired) electrons. The number of carbonyl (C=O) groups is 1. The van der Waals surface area contributed by atoms with Crippen LogP contribution in [0.3, 0.4) is 0 Å². The second-order valence-electron chi connectivity index (χ2n) is 7.36. The number of rotatable bonds is 10. The van der Waals surface area contributed by atoms with E-state index in [1.54, 1.807) is 0 Å². The topological polar surface area (TPSA) is 54.0 Å². The van der Waals surface area contributed by atoms with Crippen LogP contribution in [0.1, 0.15) is 57.2 Å². The van der Waals surface area contributed by atoms with E-state index >= 15 is 0 Å². The molecule has 1 heterocycles. The van der Waals surface area contributed by atoms with Crippen molar-refractivity contribution in [3.63, 3.8) is 0 Å². The number of nitrogens with one attached hydrogen (secondary N) is 1. The van der Waals surface area contributed by atoms with Gasteiger partial charge in [0.15, 0.2) is 0 Å². The molecule has 1 aliphatic rings. The van der Waals surface area contributed by atoms with Crippen LogP contribution in [0.4, 0.5) is 4.79 Å². The summed E-state index contributed by atoms with van der Waals surface area (Å²) in [6.45, 7) is 12.7. The fraction of sp³-hybridized carbons (Fsp3) is 0.682. The average Bonchev–Trinajstić information content (AvgIpc) is 2.72. The van der Waals surface area contributed by atoms with Gasteiger partial charge in [0.2, 0.25) is 0 Å². The lowest BCUT2D eigenvalue weighted by Crippen LogP contribution is -2.36. The molecule has 1 amide bonds. The Labute approximate surface area is 170 Å². The minimum absolute atomic E-state index is 0.264. The van der Waals surface area contributed by atoms with Crippen LogP contribution >= 0.6 is 0 Å². The van der Waals surface area contributed by atoms with E-state index in [0.717, 1.165) is 25.4 Å². The van der Waals surface area contributed by atoms with Gasteiger partial charge >= 0.3 is 6.09 Å². The zero-order valence-corrected chi connectivity index (χ0v) is 18.0. The predicted molar refractivity (Wildman–Crippen MR) is 113 cm³/mol. The Balaban J connectivity index is 2.09. The average molecular weight is 392 g/mol. The molecule has 1 saturated heterocycles. The Kier molecular flexibility index (Phi) is 9.58. The molecule has 158 valence electrons. The number of benzene rings is 1. The third-order valence-electron chi connectivity index (χ3n) is 5.52. The number of methoxy groups -OCH3 is 1. The maximum absolute atomic E-state index is 11.3. The van der Waals surface area contributed by atoms with E-state index in [9.17, 15) is 4.79 Å². The third kappa shape index (κ3) is 6.67. The first-order chi connectivity index (χ1) is 13.6. The molecule has 0 aromatic heterocycles. The number of carbonyl (C=O) groups excluding carboxylic acids is 1. The summed E-state index contributed by atoms with van der Waals surface area (Å²) < 4.78 is 10.5. The van der Waals surface area contributed by atoms with Crippen LogP contribution in [-0.2, 0) is 11.3 Å². The molecule has 0 aliphatic carbocycles. The van der Waals surface area contributed by atoms with E-state index in [2.05, 4.69) is 51.9 Å². The van der Waals surface area contributed by atoms with Crippen molar-refractivity contribution >= 4 is 6.09 Å². The molecule has 6 heteroatoms. The SMILES string of the molecule is CCOc1ccc(C(C)N(CC)CCNC(=O)OC)cc1CN1CCCCC1. The Hall–Kier alpha value is -1.79. The van der Waals surface area contributed by atoms with Gasteiger partial charge in [-0.15, -0.1) is 0 Å². The van der Waals surface area contributed by atoms with E-state index in [-0.39, 0.29) is 12.1 Å². The van der Waals surface area contributed by atoms with E-state index in [0.29, 0.717) is 13.2 Å². The van der Waals surface area contributed by atoms with Gasteiger partial charge < -0.3 is 14.8 Å². The van der Waals surface area contributed by atoms with Crippen molar-refractivity contribution in [2.75, 3.05) is 46.4 Å². The number of likely N-dealkylation sites (tertiary alicyclic amines) is 1. The van der Waals surface area contributed by atoms with Gasteiger partial charge in [0.25, 0.3) is 0 Å². The minimum Gasteiger partial charge on any atom is -0.494 e. The molecule has 1 aromatic rings. The van der Waals surface area contributed by atoms with E-state index in [1.807, 2.05) is 6.92 Å². The summed E-state index contributed by atoms with van der Waals surface area (Å²) in [6, 6.07) is 6.86. The Bertz CT molecular complexity index is 603. The number of nitrogens with zero attached hydrogens (tertiary/aromatic N) is 2. The maximum atomic E-state index is 11.3. The molecular weight excluding hydrogens is 354 g/mol. The normalized spacial score (nSPS) is 16.0. The molecule has 6 nitrogen and oxygen atoms in total. The maximum Gasteiger partial charge on any atom is 0.406 e. The van der Waals surface area contributed by atoms with Crippen LogP contribution in [0, 0.1) is 0 Å². The second-order valence-corrected chi connectivity index (χ2v) is 7.36. The van der Waals surface area contributed by atoms with Crippen LogP contribution in [0.15, 0.2) is 18.2 Å². The standard InChI is InChI=1S/C22H37N3O3/c1-5-25(15-12-23-22(26)27-4)18(3)19-10-11-21(28-6-2)20(16-19)17-24-13-8-7-9-14-24/h10-11,16,18H,5-9,12-15,17H2,1-4H3,(H,23,26). The fourth-order valence-corrected chi connectivity index (χ4v) is 3.85. The van der Waals surface area contributed by atoms with Crippen molar-refractivity contribution in [2.24, 2.45) is 0 Å². The summed E-state index contributed by atoms with van der Waals surface area (Å²) in [5.74, 6) is 0.999. The zero-order chi connectivity index (χ0) is 20.4. The summed E-state index contributed by atoms with van der Waals surface area (Å²) in [7, 11) is 1.39. The Morgan fingerprint density at radius 1 is 1.25 bits per heavy atom. The zero-order valence-electron chi connectivity index (χ0n) is 18.0. The Morgan fingerprint density at radius 3 is 2.64 bits per heavy atom. The van der Waals surface area contributed by atoms with Gasteiger partial charge in [-0.05, 0) is 64.0 Å². The first-order valence-electron chi connectivity index (χ1n) is 10.6. The second kappa shape index (κ2) is 11.9. The Morgan fingerprint density at radius 2 is 2.00 bits per heavy atom. The molecule has 0 bridgehead atoms. The van der Waals surface area contributed by atoms with Gasteiger partial charge in [0, 0.05) is 31.2 Å². The van der Waals surface area contributed by atoms with Gasteiger partial charge in [-0.2, -0.15) is 0 Å². The summed E-state index contributed by atoms with van der Waals surface area (Å²) >= 11 is 0. The van der Waals surface area contributed by atoms with Gasteiger partial charge in [-0.1, -0.05) is 19.4 Å². The molecule has 1 aromatic carbocycles. The predicted octanol–water partition coefficient (Wildman–Crippen LogP) is 3.81. The fourth-order valence-electron chi connectivity index (χ4n) is 3.85. The van der Waals surface area contributed by atoms with Crippen molar-refractivity contribution in [1.29, 1.82) is 0 Å². The highest BCUT2D eigenvalue weighted by Crippen LogP contribution is 2.28. The number of piperidine rings is 1. The molecule has 1 aliphatic heterocycles. The van der Waals surface area contributed by atoms with Gasteiger partial charge in [0.1, 0.15) is 5.75 Å². The molecule has 1 N–H and O–H groups in total. The molecule has 1 atom stereocenters. The van der Waals surface area contributed by atoms with Crippen molar-refractivity contribution in [3.05, 3.63) is 29.3 Å². The number of hydrogen-bond acceptors (Lipinski definition) is 5. The largest absolute Gasteiger partial charge is 0.494 e. The van der Waals surface area contributed by atoms with Crippen molar-refractivity contribution in [2.45, 2.75) is 52.6 Å². The van der Waals surface area contributed by atoms with E-state index in [1.165, 1.54) is 50.6 Å². The van der Waals surface area contributed by atoms with E-state index < -0.39 is 0 Å². The monoisotopic (exact) mass is 391 g/mol. The summed E-state index contributed by atoms with van der Waals surface area (Å²) in [5, 5.41) is 2.77. The molecular formula is C22H37N3O3. The van der Waals surface area contributed by atoms with Crippen LogP contribution in [-0.4, -0.2) is 62.3 Å². The number of alkyl carbamates (subject to hydrolysis) is 1. The number of amides is 1. The molecule has 0 saturated carbocycles. The number of hydrogen-bond donors (Lipinski definition) is 1. The quantitative estimate of drug-likeness (QED) is 0.657. The van der Waals surface area contributed by atoms with Crippen LogP contribution in [0.5, 0.6) is 5.75 Å². The first-order valence-corrected chi connectivity index (χ1v) is 10.6. The van der Waals surface area contributed by atoms with Gasteiger partial charge in [-0.25, -0.2) is 4.79 Å². The van der Waals surface area contributed by atoms with Gasteiger partial charge in [0.05, 0.1) is 13.7 Å². The lowest BCUT2D eigenvalue weighted by Gasteiger charge is -2.30. The molecule has 1 unspecified atom stereocenters. The van der Waals surface area contributed by atoms with Crippen molar-refractivity contribution in [3.8, 4) is 5.75 Å². The van der Waals surface area contributed by atoms with Crippen LogP contribution < -0.4 is 10.1 Å². The molecule has 1 fully saturated rings. The lowest BCUT2D eigenvalue weighted by molar-refractivity contribution is 0.165. The first kappa shape index (κ1) is 22.5. The molecule has 28 heavy (non-hydrogen) atoms. The summed E-state index contributed by atoms with van der Waals surface area (Å²) in [4.78, 5) is 16.2. The van der Waals surface area contributed by atoms with Gasteiger partial charge in [-0.3, -0.25) is 9.80 Å². The lowest BCUT2D eigenvalue weighted by atomic mass is 10.0. The molecule has 2 rings (SSSR count). The van der Waals surface area contributed by atoms with Crippen LogP contribution in [0.2, 0.25) is 0 Å². The highest BCUT2D eigenvalue weighted by Gasteiger charge is 2.18. The van der Waals surface area contributed by atoms with Crippen LogP contribution in [0.25, 0.3) is 0 Å². The third-order valence-corrected chi connectivity index (χ3v) is 5.52.